The molecule has 122 valence electrons. The molecule has 1 aliphatic rings. The van der Waals surface area contributed by atoms with E-state index in [-0.39, 0.29) is 18.2 Å². The summed E-state index contributed by atoms with van der Waals surface area (Å²) in [6.45, 7) is 1.21. The molecular formula is C13H16ClIN2O3S2. The van der Waals surface area contributed by atoms with Crippen molar-refractivity contribution in [3.05, 3.63) is 32.4 Å². The molecular weight excluding hydrogens is 459 g/mol. The number of sulfonamides is 1. The zero-order chi connectivity index (χ0) is 16.2. The molecule has 2 rings (SSSR count). The highest BCUT2D eigenvalue weighted by Gasteiger charge is 2.23. The first kappa shape index (κ1) is 18.3. The molecule has 1 fully saturated rings. The number of hydrogen-bond donors (Lipinski definition) is 1. The Kier molecular flexibility index (Phi) is 6.81. The molecule has 1 aromatic carbocycles. The number of carbonyl (C=O) groups excluding carboxylic acids is 1. The van der Waals surface area contributed by atoms with Gasteiger partial charge in [0, 0.05) is 40.3 Å². The highest BCUT2D eigenvalue weighted by molar-refractivity contribution is 14.1. The predicted octanol–water partition coefficient (Wildman–Crippen LogP) is 2.05. The number of rotatable bonds is 5. The lowest BCUT2D eigenvalue weighted by Gasteiger charge is -2.25. The van der Waals surface area contributed by atoms with E-state index in [1.54, 1.807) is 30.0 Å². The molecule has 1 N–H and O–H groups in total. The van der Waals surface area contributed by atoms with Gasteiger partial charge in [-0.2, -0.15) is 11.8 Å². The zero-order valence-electron chi connectivity index (χ0n) is 11.7. The van der Waals surface area contributed by atoms with Crippen molar-refractivity contribution in [1.29, 1.82) is 0 Å². The molecule has 1 amide bonds. The summed E-state index contributed by atoms with van der Waals surface area (Å²) in [6, 6.07) is 4.95. The fourth-order valence-electron chi connectivity index (χ4n) is 1.99. The SMILES string of the molecule is O=C(NCCS(=O)(=O)N1CCSCC1)c1ccc(Cl)c(I)c1. The van der Waals surface area contributed by atoms with Crippen molar-refractivity contribution in [2.24, 2.45) is 0 Å². The average Bonchev–Trinajstić information content (AvgIpc) is 2.50. The molecule has 5 nitrogen and oxygen atoms in total. The van der Waals surface area contributed by atoms with Crippen molar-refractivity contribution < 1.29 is 13.2 Å². The summed E-state index contributed by atoms with van der Waals surface area (Å²) in [6.07, 6.45) is 0. The first-order chi connectivity index (χ1) is 10.4. The Morgan fingerprint density at radius 1 is 1.36 bits per heavy atom. The minimum absolute atomic E-state index is 0.0753. The topological polar surface area (TPSA) is 66.5 Å². The molecule has 0 aliphatic carbocycles. The first-order valence-corrected chi connectivity index (χ1v) is 10.9. The number of hydrogen-bond acceptors (Lipinski definition) is 4. The van der Waals surface area contributed by atoms with E-state index in [0.29, 0.717) is 23.7 Å². The summed E-state index contributed by atoms with van der Waals surface area (Å²) in [5.41, 5.74) is 0.473. The second kappa shape index (κ2) is 8.18. The number of amides is 1. The van der Waals surface area contributed by atoms with E-state index in [1.165, 1.54) is 4.31 Å². The molecule has 1 aromatic rings. The highest BCUT2D eigenvalue weighted by Crippen LogP contribution is 2.19. The van der Waals surface area contributed by atoms with Crippen molar-refractivity contribution in [2.45, 2.75) is 0 Å². The van der Waals surface area contributed by atoms with Gasteiger partial charge in [0.1, 0.15) is 0 Å². The van der Waals surface area contributed by atoms with E-state index in [9.17, 15) is 13.2 Å². The number of thioether (sulfide) groups is 1. The van der Waals surface area contributed by atoms with Crippen LogP contribution in [0.2, 0.25) is 5.02 Å². The lowest BCUT2D eigenvalue weighted by atomic mass is 10.2. The molecule has 0 unspecified atom stereocenters. The van der Waals surface area contributed by atoms with E-state index >= 15 is 0 Å². The maximum atomic E-state index is 12.1. The summed E-state index contributed by atoms with van der Waals surface area (Å²) < 4.78 is 26.6. The molecule has 1 saturated heterocycles. The first-order valence-electron chi connectivity index (χ1n) is 6.69. The summed E-state index contributed by atoms with van der Waals surface area (Å²) in [7, 11) is -3.29. The number of halogens is 2. The maximum absolute atomic E-state index is 12.1. The van der Waals surface area contributed by atoms with Gasteiger partial charge in [-0.05, 0) is 40.8 Å². The third kappa shape index (κ3) is 4.98. The quantitative estimate of drug-likeness (QED) is 0.664. The number of benzene rings is 1. The van der Waals surface area contributed by atoms with Gasteiger partial charge < -0.3 is 5.32 Å². The number of nitrogens with zero attached hydrogens (tertiary/aromatic N) is 1. The van der Waals surface area contributed by atoms with Gasteiger partial charge in [0.15, 0.2) is 0 Å². The lowest BCUT2D eigenvalue weighted by molar-refractivity contribution is 0.0956. The van der Waals surface area contributed by atoms with Gasteiger partial charge in [-0.25, -0.2) is 12.7 Å². The Hall–Kier alpha value is -0.0300. The van der Waals surface area contributed by atoms with Crippen LogP contribution in [0.5, 0.6) is 0 Å². The smallest absolute Gasteiger partial charge is 0.251 e. The lowest BCUT2D eigenvalue weighted by Crippen LogP contribution is -2.41. The van der Waals surface area contributed by atoms with Crippen LogP contribution >= 0.6 is 46.0 Å². The standard InChI is InChI=1S/C13H16ClIN2O3S2/c14-11-2-1-10(9-12(11)15)13(18)16-3-8-22(19,20)17-4-6-21-7-5-17/h1-2,9H,3-8H2,(H,16,18). The third-order valence-corrected chi connectivity index (χ3v) is 7.55. The molecule has 0 bridgehead atoms. The summed E-state index contributed by atoms with van der Waals surface area (Å²) in [5.74, 6) is 1.29. The van der Waals surface area contributed by atoms with Crippen molar-refractivity contribution in [1.82, 2.24) is 9.62 Å². The van der Waals surface area contributed by atoms with Crippen LogP contribution in [0.25, 0.3) is 0 Å². The van der Waals surface area contributed by atoms with Crippen molar-refractivity contribution >= 4 is 61.9 Å². The van der Waals surface area contributed by atoms with Gasteiger partial charge >= 0.3 is 0 Å². The molecule has 0 aromatic heterocycles. The molecule has 0 spiro atoms. The van der Waals surface area contributed by atoms with Crippen LogP contribution in [-0.4, -0.2) is 55.5 Å². The summed E-state index contributed by atoms with van der Waals surface area (Å²) in [4.78, 5) is 12.0. The van der Waals surface area contributed by atoms with Gasteiger partial charge in [-0.3, -0.25) is 4.79 Å². The average molecular weight is 475 g/mol. The van der Waals surface area contributed by atoms with Crippen LogP contribution in [0.3, 0.4) is 0 Å². The Bertz CT molecular complexity index is 649. The van der Waals surface area contributed by atoms with E-state index in [1.807, 2.05) is 22.6 Å². The fourth-order valence-corrected chi connectivity index (χ4v) is 5.11. The normalized spacial score (nSPS) is 16.5. The van der Waals surface area contributed by atoms with Crippen LogP contribution in [0.4, 0.5) is 0 Å². The van der Waals surface area contributed by atoms with Crippen molar-refractivity contribution in [2.75, 3.05) is 36.9 Å². The van der Waals surface area contributed by atoms with Gasteiger partial charge in [0.25, 0.3) is 5.91 Å². The fraction of sp³-hybridized carbons (Fsp3) is 0.462. The predicted molar refractivity (Wildman–Crippen MR) is 99.2 cm³/mol. The minimum atomic E-state index is -3.29. The van der Waals surface area contributed by atoms with Crippen molar-refractivity contribution in [3.63, 3.8) is 0 Å². The molecule has 1 aliphatic heterocycles. The molecule has 0 radical (unpaired) electrons. The van der Waals surface area contributed by atoms with E-state index in [2.05, 4.69) is 5.32 Å². The van der Waals surface area contributed by atoms with Crippen LogP contribution in [0.1, 0.15) is 10.4 Å². The summed E-state index contributed by atoms with van der Waals surface area (Å²) >= 11 is 9.71. The monoisotopic (exact) mass is 474 g/mol. The van der Waals surface area contributed by atoms with Crippen LogP contribution < -0.4 is 5.32 Å². The van der Waals surface area contributed by atoms with Crippen LogP contribution in [-0.2, 0) is 10.0 Å². The Labute approximate surface area is 153 Å². The Morgan fingerprint density at radius 2 is 2.05 bits per heavy atom. The second-order valence-electron chi connectivity index (χ2n) is 4.71. The maximum Gasteiger partial charge on any atom is 0.251 e. The molecule has 1 heterocycles. The number of nitrogens with one attached hydrogen (secondary N) is 1. The van der Waals surface area contributed by atoms with Gasteiger partial charge in [0.05, 0.1) is 10.8 Å². The molecule has 0 saturated carbocycles. The van der Waals surface area contributed by atoms with E-state index < -0.39 is 10.0 Å². The van der Waals surface area contributed by atoms with Crippen LogP contribution in [0.15, 0.2) is 18.2 Å². The summed E-state index contributed by atoms with van der Waals surface area (Å²) in [5, 5.41) is 3.23. The Morgan fingerprint density at radius 3 is 2.68 bits per heavy atom. The van der Waals surface area contributed by atoms with Gasteiger partial charge in [-0.1, -0.05) is 11.6 Å². The zero-order valence-corrected chi connectivity index (χ0v) is 16.3. The minimum Gasteiger partial charge on any atom is -0.351 e. The third-order valence-electron chi connectivity index (χ3n) is 3.19. The second-order valence-corrected chi connectivity index (χ2v) is 9.59. The van der Waals surface area contributed by atoms with E-state index in [0.717, 1.165) is 15.1 Å². The molecule has 22 heavy (non-hydrogen) atoms. The Balaban J connectivity index is 1.87. The van der Waals surface area contributed by atoms with E-state index in [4.69, 9.17) is 11.6 Å². The van der Waals surface area contributed by atoms with Crippen molar-refractivity contribution in [3.8, 4) is 0 Å². The largest absolute Gasteiger partial charge is 0.351 e. The van der Waals surface area contributed by atoms with Crippen LogP contribution in [0, 0.1) is 3.57 Å². The highest BCUT2D eigenvalue weighted by atomic mass is 127. The van der Waals surface area contributed by atoms with Gasteiger partial charge in [-0.15, -0.1) is 0 Å². The van der Waals surface area contributed by atoms with Gasteiger partial charge in [0.2, 0.25) is 10.0 Å². The molecule has 0 atom stereocenters. The number of carbonyl (C=O) groups is 1. The molecule has 9 heteroatoms.